The highest BCUT2D eigenvalue weighted by molar-refractivity contribution is 7.89. The second-order valence-electron chi connectivity index (χ2n) is 6.37. The van der Waals surface area contributed by atoms with E-state index in [-0.39, 0.29) is 11.7 Å². The summed E-state index contributed by atoms with van der Waals surface area (Å²) >= 11 is 1.41. The van der Waals surface area contributed by atoms with Gasteiger partial charge in [0, 0.05) is 6.54 Å². The van der Waals surface area contributed by atoms with Gasteiger partial charge in [0.25, 0.3) is 0 Å². The number of aryl methyl sites for hydroxylation is 1. The molecule has 1 aromatic heterocycles. The Balaban J connectivity index is 1.81. The van der Waals surface area contributed by atoms with E-state index in [1.165, 1.54) is 15.6 Å². The van der Waals surface area contributed by atoms with Crippen molar-refractivity contribution < 1.29 is 13.2 Å². The van der Waals surface area contributed by atoms with Gasteiger partial charge in [0.15, 0.2) is 5.13 Å². The maximum Gasteiger partial charge on any atom is 0.244 e. The number of rotatable bonds is 5. The van der Waals surface area contributed by atoms with Crippen molar-refractivity contribution in [3.05, 3.63) is 23.8 Å². The van der Waals surface area contributed by atoms with Crippen LogP contribution in [-0.2, 0) is 14.8 Å². The van der Waals surface area contributed by atoms with Crippen LogP contribution in [0.5, 0.6) is 0 Å². The van der Waals surface area contributed by atoms with E-state index in [9.17, 15) is 13.2 Å². The summed E-state index contributed by atoms with van der Waals surface area (Å²) in [6.45, 7) is 4.23. The summed E-state index contributed by atoms with van der Waals surface area (Å²) < 4.78 is 27.3. The maximum absolute atomic E-state index is 12.7. The van der Waals surface area contributed by atoms with Crippen LogP contribution in [-0.4, -0.2) is 42.0 Å². The number of thiazole rings is 1. The summed E-state index contributed by atoms with van der Waals surface area (Å²) in [5, 5.41) is 3.36. The first kappa shape index (κ1) is 18.3. The molecule has 0 radical (unpaired) electrons. The van der Waals surface area contributed by atoms with Gasteiger partial charge in [0.1, 0.15) is 6.04 Å². The highest BCUT2D eigenvalue weighted by Gasteiger charge is 2.36. The topological polar surface area (TPSA) is 79.4 Å². The molecule has 2 aromatic rings. The molecule has 1 N–H and O–H groups in total. The Hall–Kier alpha value is -1.51. The van der Waals surface area contributed by atoms with Crippen molar-refractivity contribution in [3.8, 4) is 0 Å². The normalized spacial score (nSPS) is 19.2. The standard InChI is InChI=1S/C17H23N3O3S2/c1-3-11-25(22,23)20-10-5-4-8-13(20)16(21)19-17-18-15-12(2)7-6-9-14(15)24-17/h6-7,9,13H,3-5,8,10-11H2,1-2H3,(H,18,19,21). The van der Waals surface area contributed by atoms with E-state index in [4.69, 9.17) is 0 Å². The molecule has 0 spiro atoms. The van der Waals surface area contributed by atoms with Crippen molar-refractivity contribution in [2.24, 2.45) is 0 Å². The molecule has 3 rings (SSSR count). The van der Waals surface area contributed by atoms with Crippen molar-refractivity contribution in [1.82, 2.24) is 9.29 Å². The summed E-state index contributed by atoms with van der Waals surface area (Å²) in [7, 11) is -3.40. The summed E-state index contributed by atoms with van der Waals surface area (Å²) in [5.74, 6) is -0.201. The molecular formula is C17H23N3O3S2. The molecule has 1 unspecified atom stereocenters. The van der Waals surface area contributed by atoms with Gasteiger partial charge in [-0.2, -0.15) is 4.31 Å². The Morgan fingerprint density at radius 1 is 1.40 bits per heavy atom. The average Bonchev–Trinajstić information content (AvgIpc) is 2.99. The van der Waals surface area contributed by atoms with Crippen molar-refractivity contribution in [2.45, 2.75) is 45.6 Å². The summed E-state index contributed by atoms with van der Waals surface area (Å²) in [6, 6.07) is 5.27. The van der Waals surface area contributed by atoms with Gasteiger partial charge in [-0.15, -0.1) is 0 Å². The van der Waals surface area contributed by atoms with E-state index < -0.39 is 16.1 Å². The van der Waals surface area contributed by atoms with E-state index in [2.05, 4.69) is 10.3 Å². The molecule has 1 aliphatic heterocycles. The third-order valence-electron chi connectivity index (χ3n) is 4.43. The van der Waals surface area contributed by atoms with Gasteiger partial charge in [-0.25, -0.2) is 13.4 Å². The molecule has 8 heteroatoms. The molecule has 136 valence electrons. The smallest absolute Gasteiger partial charge is 0.244 e. The number of aromatic nitrogens is 1. The van der Waals surface area contributed by atoms with E-state index >= 15 is 0 Å². The van der Waals surface area contributed by atoms with Gasteiger partial charge in [-0.3, -0.25) is 4.79 Å². The van der Waals surface area contributed by atoms with E-state index in [1.54, 1.807) is 0 Å². The predicted molar refractivity (Wildman–Crippen MR) is 101 cm³/mol. The SMILES string of the molecule is CCCS(=O)(=O)N1CCCCC1C(=O)Nc1nc2c(C)cccc2s1. The number of anilines is 1. The molecule has 0 saturated carbocycles. The van der Waals surface area contributed by atoms with Crippen LogP contribution in [0, 0.1) is 6.92 Å². The number of nitrogens with one attached hydrogen (secondary N) is 1. The summed E-state index contributed by atoms with van der Waals surface area (Å²) in [5.41, 5.74) is 1.93. The number of para-hydroxylation sites is 1. The number of hydrogen-bond donors (Lipinski definition) is 1. The third-order valence-corrected chi connectivity index (χ3v) is 7.44. The number of hydrogen-bond acceptors (Lipinski definition) is 5. The Kier molecular flexibility index (Phi) is 5.41. The largest absolute Gasteiger partial charge is 0.301 e. The van der Waals surface area contributed by atoms with Gasteiger partial charge in [0.2, 0.25) is 15.9 Å². The molecule has 1 aromatic carbocycles. The van der Waals surface area contributed by atoms with Crippen LogP contribution in [0.3, 0.4) is 0 Å². The molecule has 1 aliphatic rings. The number of piperidine rings is 1. The van der Waals surface area contributed by atoms with Gasteiger partial charge in [-0.1, -0.05) is 36.8 Å². The van der Waals surface area contributed by atoms with E-state index in [0.29, 0.717) is 24.5 Å². The highest BCUT2D eigenvalue weighted by atomic mass is 32.2. The van der Waals surface area contributed by atoms with Crippen LogP contribution in [0.2, 0.25) is 0 Å². The average molecular weight is 382 g/mol. The zero-order valence-electron chi connectivity index (χ0n) is 14.5. The van der Waals surface area contributed by atoms with Crippen molar-refractivity contribution >= 4 is 42.6 Å². The van der Waals surface area contributed by atoms with Crippen LogP contribution in [0.4, 0.5) is 5.13 Å². The molecule has 1 fully saturated rings. The number of fused-ring (bicyclic) bond motifs is 1. The Morgan fingerprint density at radius 3 is 2.92 bits per heavy atom. The van der Waals surface area contributed by atoms with Crippen molar-refractivity contribution in [1.29, 1.82) is 0 Å². The number of nitrogens with zero attached hydrogens (tertiary/aromatic N) is 2. The lowest BCUT2D eigenvalue weighted by molar-refractivity contribution is -0.120. The van der Waals surface area contributed by atoms with Crippen LogP contribution < -0.4 is 5.32 Å². The quantitative estimate of drug-likeness (QED) is 0.863. The number of carbonyl (C=O) groups excluding carboxylic acids is 1. The molecular weight excluding hydrogens is 358 g/mol. The maximum atomic E-state index is 12.7. The Morgan fingerprint density at radius 2 is 2.20 bits per heavy atom. The molecule has 1 atom stereocenters. The van der Waals surface area contributed by atoms with Crippen LogP contribution in [0.1, 0.15) is 38.2 Å². The van der Waals surface area contributed by atoms with Gasteiger partial charge in [-0.05, 0) is 37.8 Å². The third kappa shape index (κ3) is 3.86. The molecule has 25 heavy (non-hydrogen) atoms. The van der Waals surface area contributed by atoms with Crippen LogP contribution in [0.15, 0.2) is 18.2 Å². The fraction of sp³-hybridized carbons (Fsp3) is 0.529. The lowest BCUT2D eigenvalue weighted by Crippen LogP contribution is -2.50. The first-order valence-corrected chi connectivity index (χ1v) is 11.0. The summed E-state index contributed by atoms with van der Waals surface area (Å²) in [4.78, 5) is 17.2. The zero-order chi connectivity index (χ0) is 18.0. The lowest BCUT2D eigenvalue weighted by Gasteiger charge is -2.33. The minimum absolute atomic E-state index is 0.0805. The predicted octanol–water partition coefficient (Wildman–Crippen LogP) is 3.14. The molecule has 0 aliphatic carbocycles. The second-order valence-corrected chi connectivity index (χ2v) is 9.44. The number of sulfonamides is 1. The molecule has 1 amide bonds. The molecule has 6 nitrogen and oxygen atoms in total. The van der Waals surface area contributed by atoms with Crippen LogP contribution >= 0.6 is 11.3 Å². The van der Waals surface area contributed by atoms with E-state index in [1.807, 2.05) is 32.0 Å². The molecule has 0 bridgehead atoms. The van der Waals surface area contributed by atoms with E-state index in [0.717, 1.165) is 28.6 Å². The number of carbonyl (C=O) groups is 1. The zero-order valence-corrected chi connectivity index (χ0v) is 16.1. The number of amides is 1. The Labute approximate surface area is 152 Å². The van der Waals surface area contributed by atoms with Crippen molar-refractivity contribution in [2.75, 3.05) is 17.6 Å². The van der Waals surface area contributed by atoms with Gasteiger partial charge >= 0.3 is 0 Å². The van der Waals surface area contributed by atoms with Crippen LogP contribution in [0.25, 0.3) is 10.2 Å². The van der Waals surface area contributed by atoms with Gasteiger partial charge in [0.05, 0.1) is 16.0 Å². The highest BCUT2D eigenvalue weighted by Crippen LogP contribution is 2.29. The minimum Gasteiger partial charge on any atom is -0.301 e. The van der Waals surface area contributed by atoms with Gasteiger partial charge < -0.3 is 5.32 Å². The monoisotopic (exact) mass is 381 g/mol. The first-order valence-electron chi connectivity index (χ1n) is 8.59. The Bertz CT molecular complexity index is 876. The van der Waals surface area contributed by atoms with Crippen molar-refractivity contribution in [3.63, 3.8) is 0 Å². The number of benzene rings is 1. The summed E-state index contributed by atoms with van der Waals surface area (Å²) in [6.07, 6.45) is 2.76. The fourth-order valence-electron chi connectivity index (χ4n) is 3.20. The minimum atomic E-state index is -3.40. The lowest BCUT2D eigenvalue weighted by atomic mass is 10.0. The second kappa shape index (κ2) is 7.39. The first-order chi connectivity index (χ1) is 11.9. The molecule has 2 heterocycles. The fourth-order valence-corrected chi connectivity index (χ4v) is 5.90. The molecule has 1 saturated heterocycles.